The van der Waals surface area contributed by atoms with Crippen molar-refractivity contribution in [3.05, 3.63) is 25.3 Å². The Bertz CT molecular complexity index is 600. The summed E-state index contributed by atoms with van der Waals surface area (Å²) in [5.74, 6) is 0.744. The minimum atomic E-state index is -0.359. The summed E-state index contributed by atoms with van der Waals surface area (Å²) in [6.45, 7) is 0. The average molecular weight is 509 g/mol. The molecule has 0 radical (unpaired) electrons. The van der Waals surface area contributed by atoms with Crippen LogP contribution in [0.1, 0.15) is 32.1 Å². The summed E-state index contributed by atoms with van der Waals surface area (Å²) >= 11 is 4.65. The van der Waals surface area contributed by atoms with Gasteiger partial charge in [0.05, 0.1) is 0 Å². The van der Waals surface area contributed by atoms with Crippen molar-refractivity contribution in [2.45, 2.75) is 37.8 Å². The SMILES string of the molecule is NC1=NC2(CCCCC2)N(c2cc(I)cc(I)c2)C(N)=N1. The molecule has 1 aromatic rings. The highest BCUT2D eigenvalue weighted by atomic mass is 127. The zero-order valence-corrected chi connectivity index (χ0v) is 15.8. The van der Waals surface area contributed by atoms with Crippen LogP contribution in [0.25, 0.3) is 0 Å². The van der Waals surface area contributed by atoms with Crippen LogP contribution in [0.3, 0.4) is 0 Å². The fourth-order valence-corrected chi connectivity index (χ4v) is 5.07. The Morgan fingerprint density at radius 2 is 1.62 bits per heavy atom. The van der Waals surface area contributed by atoms with Crippen molar-refractivity contribution in [3.63, 3.8) is 0 Å². The van der Waals surface area contributed by atoms with Gasteiger partial charge in [0, 0.05) is 12.8 Å². The maximum Gasteiger partial charge on any atom is 0.220 e. The minimum absolute atomic E-state index is 0.297. The Kier molecular flexibility index (Phi) is 4.30. The van der Waals surface area contributed by atoms with E-state index in [1.54, 1.807) is 0 Å². The molecular formula is C14H17I2N5. The van der Waals surface area contributed by atoms with Gasteiger partial charge in [-0.1, -0.05) is 6.42 Å². The summed E-state index contributed by atoms with van der Waals surface area (Å²) in [6.07, 6.45) is 5.45. The van der Waals surface area contributed by atoms with E-state index < -0.39 is 0 Å². The molecule has 21 heavy (non-hydrogen) atoms. The van der Waals surface area contributed by atoms with E-state index in [9.17, 15) is 0 Å². The number of nitrogens with zero attached hydrogens (tertiary/aromatic N) is 3. The van der Waals surface area contributed by atoms with E-state index in [4.69, 9.17) is 11.5 Å². The predicted molar refractivity (Wildman–Crippen MR) is 103 cm³/mol. The number of hydrogen-bond donors (Lipinski definition) is 2. The van der Waals surface area contributed by atoms with Crippen LogP contribution in [0.4, 0.5) is 5.69 Å². The fourth-order valence-electron chi connectivity index (χ4n) is 3.16. The Hall–Kier alpha value is -0.580. The van der Waals surface area contributed by atoms with E-state index in [0.717, 1.165) is 31.4 Å². The van der Waals surface area contributed by atoms with E-state index in [0.29, 0.717) is 11.9 Å². The monoisotopic (exact) mass is 509 g/mol. The van der Waals surface area contributed by atoms with Crippen LogP contribution in [0.5, 0.6) is 0 Å². The van der Waals surface area contributed by atoms with Gasteiger partial charge in [-0.25, -0.2) is 4.99 Å². The van der Waals surface area contributed by atoms with Gasteiger partial charge in [0.15, 0.2) is 0 Å². The van der Waals surface area contributed by atoms with Crippen LogP contribution >= 0.6 is 45.2 Å². The first-order valence-electron chi connectivity index (χ1n) is 6.96. The molecule has 7 heteroatoms. The molecule has 0 aromatic heterocycles. The molecule has 4 N–H and O–H groups in total. The number of guanidine groups is 2. The number of anilines is 1. The molecule has 0 atom stereocenters. The summed E-state index contributed by atoms with van der Waals surface area (Å²) in [5.41, 5.74) is 12.8. The van der Waals surface area contributed by atoms with Crippen LogP contribution in [0.15, 0.2) is 28.2 Å². The standard InChI is InChI=1S/C14H17I2N5/c15-9-6-10(16)8-11(7-9)21-13(18)19-12(17)20-14(21)4-2-1-3-5-14/h6-8H,1-5H2,(H4,17,18,19,20). The number of aliphatic imine (C=N–C) groups is 2. The number of nitrogens with two attached hydrogens (primary N) is 2. The number of halogens is 2. The summed E-state index contributed by atoms with van der Waals surface area (Å²) in [6, 6.07) is 6.38. The van der Waals surface area contributed by atoms with E-state index >= 15 is 0 Å². The fraction of sp³-hybridized carbons (Fsp3) is 0.429. The lowest BCUT2D eigenvalue weighted by Crippen LogP contribution is -2.58. The van der Waals surface area contributed by atoms with Gasteiger partial charge in [-0.3, -0.25) is 4.90 Å². The van der Waals surface area contributed by atoms with Crippen LogP contribution < -0.4 is 16.4 Å². The van der Waals surface area contributed by atoms with Crippen molar-refractivity contribution in [2.75, 3.05) is 4.90 Å². The zero-order chi connectivity index (χ0) is 15.0. The molecule has 1 spiro atoms. The molecule has 1 aliphatic carbocycles. The smallest absolute Gasteiger partial charge is 0.220 e. The van der Waals surface area contributed by atoms with Crippen LogP contribution in [0.2, 0.25) is 0 Å². The lowest BCUT2D eigenvalue weighted by molar-refractivity contribution is 0.305. The van der Waals surface area contributed by atoms with Gasteiger partial charge in [0.25, 0.3) is 0 Å². The highest BCUT2D eigenvalue weighted by Crippen LogP contribution is 2.40. The number of hydrogen-bond acceptors (Lipinski definition) is 5. The topological polar surface area (TPSA) is 80.0 Å². The second-order valence-corrected chi connectivity index (χ2v) is 7.94. The molecule has 1 fully saturated rings. The second kappa shape index (κ2) is 5.90. The summed E-state index contributed by atoms with van der Waals surface area (Å²) in [7, 11) is 0. The van der Waals surface area contributed by atoms with E-state index in [-0.39, 0.29) is 5.66 Å². The van der Waals surface area contributed by atoms with Crippen LogP contribution in [-0.2, 0) is 0 Å². The molecule has 1 heterocycles. The summed E-state index contributed by atoms with van der Waals surface area (Å²) < 4.78 is 2.35. The van der Waals surface area contributed by atoms with E-state index in [1.165, 1.54) is 13.6 Å². The molecule has 1 aliphatic heterocycles. The third kappa shape index (κ3) is 2.99. The normalized spacial score (nSPS) is 21.1. The number of benzene rings is 1. The average Bonchev–Trinajstić information content (AvgIpc) is 2.37. The maximum absolute atomic E-state index is 6.22. The van der Waals surface area contributed by atoms with Crippen molar-refractivity contribution in [2.24, 2.45) is 21.5 Å². The lowest BCUT2D eigenvalue weighted by Gasteiger charge is -2.45. The quantitative estimate of drug-likeness (QED) is 0.572. The molecule has 0 amide bonds. The molecular weight excluding hydrogens is 492 g/mol. The Balaban J connectivity index is 2.10. The third-order valence-electron chi connectivity index (χ3n) is 3.96. The molecule has 0 unspecified atom stereocenters. The first-order valence-corrected chi connectivity index (χ1v) is 9.12. The maximum atomic E-state index is 6.22. The van der Waals surface area contributed by atoms with Crippen molar-refractivity contribution < 1.29 is 0 Å². The van der Waals surface area contributed by atoms with E-state index in [2.05, 4.69) is 78.3 Å². The molecule has 1 saturated carbocycles. The predicted octanol–water partition coefficient (Wildman–Crippen LogP) is 3.01. The first-order chi connectivity index (χ1) is 10.00. The Labute approximate surface area is 151 Å². The van der Waals surface area contributed by atoms with Crippen molar-refractivity contribution in [1.82, 2.24) is 0 Å². The third-order valence-corrected chi connectivity index (χ3v) is 5.20. The van der Waals surface area contributed by atoms with Gasteiger partial charge in [0.1, 0.15) is 5.66 Å². The molecule has 0 bridgehead atoms. The number of rotatable bonds is 1. The first kappa shape index (κ1) is 15.3. The minimum Gasteiger partial charge on any atom is -0.369 e. The highest BCUT2D eigenvalue weighted by Gasteiger charge is 2.42. The summed E-state index contributed by atoms with van der Waals surface area (Å²) in [5, 5.41) is 0. The Morgan fingerprint density at radius 3 is 2.24 bits per heavy atom. The van der Waals surface area contributed by atoms with Gasteiger partial charge in [-0.2, -0.15) is 4.99 Å². The van der Waals surface area contributed by atoms with Crippen LogP contribution in [0, 0.1) is 7.14 Å². The van der Waals surface area contributed by atoms with E-state index in [1.807, 2.05) is 0 Å². The molecule has 2 aliphatic rings. The summed E-state index contributed by atoms with van der Waals surface area (Å²) in [4.78, 5) is 11.0. The van der Waals surface area contributed by atoms with Gasteiger partial charge in [-0.05, 0) is 89.1 Å². The van der Waals surface area contributed by atoms with Crippen LogP contribution in [-0.4, -0.2) is 17.6 Å². The second-order valence-electron chi connectivity index (χ2n) is 5.45. The van der Waals surface area contributed by atoms with Gasteiger partial charge in [-0.15, -0.1) is 0 Å². The molecule has 3 rings (SSSR count). The molecule has 1 aromatic carbocycles. The van der Waals surface area contributed by atoms with Gasteiger partial charge >= 0.3 is 0 Å². The van der Waals surface area contributed by atoms with Crippen molar-refractivity contribution >= 4 is 62.8 Å². The van der Waals surface area contributed by atoms with Gasteiger partial charge < -0.3 is 11.5 Å². The molecule has 5 nitrogen and oxygen atoms in total. The molecule has 0 saturated heterocycles. The van der Waals surface area contributed by atoms with Gasteiger partial charge in [0.2, 0.25) is 11.9 Å². The Morgan fingerprint density at radius 1 is 1.00 bits per heavy atom. The lowest BCUT2D eigenvalue weighted by atomic mass is 9.87. The largest absolute Gasteiger partial charge is 0.369 e. The van der Waals surface area contributed by atoms with Crippen molar-refractivity contribution in [3.8, 4) is 0 Å². The zero-order valence-electron chi connectivity index (χ0n) is 11.5. The van der Waals surface area contributed by atoms with Crippen molar-refractivity contribution in [1.29, 1.82) is 0 Å². The molecule has 112 valence electrons. The highest BCUT2D eigenvalue weighted by molar-refractivity contribution is 14.1.